The third-order valence-corrected chi connectivity index (χ3v) is 3.21. The van der Waals surface area contributed by atoms with Crippen molar-refractivity contribution in [3.05, 3.63) is 24.4 Å². The number of aromatic nitrogens is 2. The fourth-order valence-electron chi connectivity index (χ4n) is 2.18. The van der Waals surface area contributed by atoms with Crippen LogP contribution in [0.2, 0.25) is 0 Å². The van der Waals surface area contributed by atoms with Crippen LogP contribution in [0.3, 0.4) is 0 Å². The largest absolute Gasteiger partial charge is 0.493 e. The highest BCUT2D eigenvalue weighted by atomic mass is 16.6. The predicted octanol–water partition coefficient (Wildman–Crippen LogP) is 3.59. The SMILES string of the molecule is COc1cc(Nc2nccc(NC(=O)OC(C)(C)C)n2)cc(OC)c1OC. The Bertz CT molecular complexity index is 780. The minimum Gasteiger partial charge on any atom is -0.493 e. The van der Waals surface area contributed by atoms with Crippen LogP contribution in [-0.4, -0.2) is 43.0 Å². The number of anilines is 3. The minimum absolute atomic E-state index is 0.276. The first-order chi connectivity index (χ1) is 12.8. The number of benzene rings is 1. The van der Waals surface area contributed by atoms with Crippen LogP contribution in [0.5, 0.6) is 17.2 Å². The Morgan fingerprint density at radius 3 is 2.19 bits per heavy atom. The molecule has 9 nitrogen and oxygen atoms in total. The number of nitrogens with zero attached hydrogens (tertiary/aromatic N) is 2. The average molecular weight is 376 g/mol. The molecule has 27 heavy (non-hydrogen) atoms. The zero-order valence-electron chi connectivity index (χ0n) is 16.2. The summed E-state index contributed by atoms with van der Waals surface area (Å²) in [5.41, 5.74) is 0.0212. The summed E-state index contributed by atoms with van der Waals surface area (Å²) in [6.07, 6.45) is 0.917. The van der Waals surface area contributed by atoms with E-state index in [0.717, 1.165) is 0 Å². The molecular formula is C18H24N4O5. The van der Waals surface area contributed by atoms with Crippen molar-refractivity contribution in [3.8, 4) is 17.2 Å². The smallest absolute Gasteiger partial charge is 0.413 e. The Labute approximate surface area is 158 Å². The second kappa shape index (κ2) is 8.43. The van der Waals surface area contributed by atoms with E-state index in [-0.39, 0.29) is 5.95 Å². The summed E-state index contributed by atoms with van der Waals surface area (Å²) < 4.78 is 21.1. The molecule has 0 aliphatic carbocycles. The number of hydrogen-bond acceptors (Lipinski definition) is 8. The molecule has 0 saturated carbocycles. The molecule has 0 radical (unpaired) electrons. The highest BCUT2D eigenvalue weighted by molar-refractivity contribution is 5.83. The first-order valence-electron chi connectivity index (χ1n) is 8.16. The van der Waals surface area contributed by atoms with Gasteiger partial charge in [0.1, 0.15) is 11.4 Å². The van der Waals surface area contributed by atoms with Gasteiger partial charge in [-0.1, -0.05) is 0 Å². The molecule has 2 aromatic rings. The minimum atomic E-state index is -0.603. The van der Waals surface area contributed by atoms with Gasteiger partial charge in [0.25, 0.3) is 0 Å². The molecule has 146 valence electrons. The molecule has 9 heteroatoms. The maximum absolute atomic E-state index is 11.9. The molecule has 0 unspecified atom stereocenters. The van der Waals surface area contributed by atoms with Gasteiger partial charge in [-0.25, -0.2) is 9.78 Å². The first-order valence-corrected chi connectivity index (χ1v) is 8.16. The standard InChI is InChI=1S/C18H24N4O5/c1-18(2,3)27-17(23)22-14-7-8-19-16(21-14)20-11-9-12(24-4)15(26-6)13(10-11)25-5/h7-10H,1-6H3,(H2,19,20,21,22,23). The van der Waals surface area contributed by atoms with Crippen LogP contribution >= 0.6 is 0 Å². The lowest BCUT2D eigenvalue weighted by Gasteiger charge is -2.19. The van der Waals surface area contributed by atoms with Crippen LogP contribution in [0.1, 0.15) is 20.8 Å². The topological polar surface area (TPSA) is 104 Å². The van der Waals surface area contributed by atoms with E-state index >= 15 is 0 Å². The molecule has 0 bridgehead atoms. The van der Waals surface area contributed by atoms with Gasteiger partial charge in [-0.05, 0) is 26.8 Å². The third-order valence-electron chi connectivity index (χ3n) is 3.21. The zero-order valence-corrected chi connectivity index (χ0v) is 16.2. The van der Waals surface area contributed by atoms with Gasteiger partial charge in [0.05, 0.1) is 21.3 Å². The average Bonchev–Trinajstić information content (AvgIpc) is 2.59. The van der Waals surface area contributed by atoms with E-state index in [4.69, 9.17) is 18.9 Å². The summed E-state index contributed by atoms with van der Waals surface area (Å²) in [4.78, 5) is 20.3. The molecule has 2 N–H and O–H groups in total. The van der Waals surface area contributed by atoms with Gasteiger partial charge in [-0.2, -0.15) is 4.98 Å². The third kappa shape index (κ3) is 5.63. The fraction of sp³-hybridized carbons (Fsp3) is 0.389. The summed E-state index contributed by atoms with van der Waals surface area (Å²) >= 11 is 0. The van der Waals surface area contributed by atoms with E-state index in [0.29, 0.717) is 28.8 Å². The Hall–Kier alpha value is -3.23. The number of nitrogens with one attached hydrogen (secondary N) is 2. The number of carbonyl (C=O) groups excluding carboxylic acids is 1. The molecule has 1 amide bonds. The van der Waals surface area contributed by atoms with E-state index in [2.05, 4.69) is 20.6 Å². The Kier molecular flexibility index (Phi) is 6.27. The van der Waals surface area contributed by atoms with Crippen molar-refractivity contribution in [2.45, 2.75) is 26.4 Å². The molecule has 1 heterocycles. The summed E-state index contributed by atoms with van der Waals surface area (Å²) in [5.74, 6) is 2.03. The van der Waals surface area contributed by atoms with E-state index < -0.39 is 11.7 Å². The number of rotatable bonds is 6. The summed E-state index contributed by atoms with van der Waals surface area (Å²) in [5, 5.41) is 5.60. The number of ether oxygens (including phenoxy) is 4. The normalized spacial score (nSPS) is 10.7. The van der Waals surface area contributed by atoms with Crippen molar-refractivity contribution in [1.29, 1.82) is 0 Å². The van der Waals surface area contributed by atoms with Crippen molar-refractivity contribution >= 4 is 23.5 Å². The lowest BCUT2D eigenvalue weighted by atomic mass is 10.2. The van der Waals surface area contributed by atoms with Crippen molar-refractivity contribution < 1.29 is 23.7 Å². The highest BCUT2D eigenvalue weighted by Crippen LogP contribution is 2.40. The van der Waals surface area contributed by atoms with E-state index in [1.54, 1.807) is 39.0 Å². The molecule has 1 aromatic heterocycles. The van der Waals surface area contributed by atoms with E-state index in [1.165, 1.54) is 27.5 Å². The zero-order chi connectivity index (χ0) is 20.0. The second-order valence-electron chi connectivity index (χ2n) is 6.43. The van der Waals surface area contributed by atoms with Gasteiger partial charge in [-0.15, -0.1) is 0 Å². The molecule has 0 aliphatic heterocycles. The quantitative estimate of drug-likeness (QED) is 0.788. The van der Waals surface area contributed by atoms with Crippen LogP contribution in [0.4, 0.5) is 22.2 Å². The Balaban J connectivity index is 2.20. The van der Waals surface area contributed by atoms with Crippen LogP contribution in [0, 0.1) is 0 Å². The summed E-state index contributed by atoms with van der Waals surface area (Å²) in [6, 6.07) is 5.00. The molecule has 0 saturated heterocycles. The molecular weight excluding hydrogens is 352 g/mol. The van der Waals surface area contributed by atoms with Crippen LogP contribution in [0.15, 0.2) is 24.4 Å². The van der Waals surface area contributed by atoms with Crippen LogP contribution < -0.4 is 24.8 Å². The number of methoxy groups -OCH3 is 3. The Morgan fingerprint density at radius 1 is 1.04 bits per heavy atom. The van der Waals surface area contributed by atoms with Crippen LogP contribution in [0.25, 0.3) is 0 Å². The Morgan fingerprint density at radius 2 is 1.67 bits per heavy atom. The van der Waals surface area contributed by atoms with Crippen LogP contribution in [-0.2, 0) is 4.74 Å². The van der Waals surface area contributed by atoms with Gasteiger partial charge in [0.2, 0.25) is 11.7 Å². The van der Waals surface area contributed by atoms with Crippen molar-refractivity contribution in [1.82, 2.24) is 9.97 Å². The van der Waals surface area contributed by atoms with Gasteiger partial charge >= 0.3 is 6.09 Å². The maximum atomic E-state index is 11.9. The summed E-state index contributed by atoms with van der Waals surface area (Å²) in [7, 11) is 4.59. The van der Waals surface area contributed by atoms with Crippen molar-refractivity contribution in [2.75, 3.05) is 32.0 Å². The highest BCUT2D eigenvalue weighted by Gasteiger charge is 2.17. The first kappa shape index (κ1) is 20.1. The molecule has 0 aliphatic rings. The van der Waals surface area contributed by atoms with Crippen molar-refractivity contribution in [3.63, 3.8) is 0 Å². The van der Waals surface area contributed by atoms with E-state index in [1.807, 2.05) is 0 Å². The lowest BCUT2D eigenvalue weighted by molar-refractivity contribution is 0.0635. The van der Waals surface area contributed by atoms with Gasteiger partial charge in [0.15, 0.2) is 11.5 Å². The van der Waals surface area contributed by atoms with Gasteiger partial charge in [-0.3, -0.25) is 5.32 Å². The molecule has 0 atom stereocenters. The van der Waals surface area contributed by atoms with E-state index in [9.17, 15) is 4.79 Å². The molecule has 0 spiro atoms. The van der Waals surface area contributed by atoms with Gasteiger partial charge in [0, 0.05) is 24.0 Å². The predicted molar refractivity (Wildman–Crippen MR) is 101 cm³/mol. The molecule has 1 aromatic carbocycles. The molecule has 0 fully saturated rings. The number of carbonyl (C=O) groups is 1. The maximum Gasteiger partial charge on any atom is 0.413 e. The van der Waals surface area contributed by atoms with Crippen molar-refractivity contribution in [2.24, 2.45) is 0 Å². The fourth-order valence-corrected chi connectivity index (χ4v) is 2.18. The molecule has 2 rings (SSSR count). The number of amides is 1. The second-order valence-corrected chi connectivity index (χ2v) is 6.43. The summed E-state index contributed by atoms with van der Waals surface area (Å²) in [6.45, 7) is 5.35. The monoisotopic (exact) mass is 376 g/mol. The van der Waals surface area contributed by atoms with Gasteiger partial charge < -0.3 is 24.3 Å². The number of hydrogen-bond donors (Lipinski definition) is 2. The lowest BCUT2D eigenvalue weighted by Crippen LogP contribution is -2.27.